The largest absolute Gasteiger partial charge is 0.497 e. The van der Waals surface area contributed by atoms with E-state index in [0.29, 0.717) is 11.3 Å². The minimum atomic E-state index is -4.51. The molecular formula is C20H21F3N2O3. The smallest absolute Gasteiger partial charge is 0.416 e. The van der Waals surface area contributed by atoms with Crippen LogP contribution < -0.4 is 15.4 Å². The third kappa shape index (κ3) is 5.73. The first-order chi connectivity index (χ1) is 13.1. The highest BCUT2D eigenvalue weighted by molar-refractivity contribution is 5.91. The number of carbonyl (C=O) groups excluding carboxylic acids is 2. The minimum absolute atomic E-state index is 0.0410. The number of alkyl halides is 3. The first kappa shape index (κ1) is 21.3. The Morgan fingerprint density at radius 3 is 2.29 bits per heavy atom. The zero-order valence-electron chi connectivity index (χ0n) is 15.7. The molecule has 0 spiro atoms. The highest BCUT2D eigenvalue weighted by atomic mass is 19.4. The summed E-state index contributed by atoms with van der Waals surface area (Å²) in [5.41, 5.74) is -0.0241. The number of anilines is 1. The van der Waals surface area contributed by atoms with Crippen LogP contribution in [-0.2, 0) is 15.8 Å². The van der Waals surface area contributed by atoms with Crippen molar-refractivity contribution in [3.63, 3.8) is 0 Å². The monoisotopic (exact) mass is 394 g/mol. The third-order valence-corrected chi connectivity index (χ3v) is 4.11. The van der Waals surface area contributed by atoms with Crippen LogP contribution in [0, 0.1) is 6.92 Å². The van der Waals surface area contributed by atoms with Gasteiger partial charge in [0.15, 0.2) is 0 Å². The normalized spacial score (nSPS) is 12.2. The number of hydrogen-bond donors (Lipinski definition) is 2. The molecule has 2 rings (SSSR count). The lowest BCUT2D eigenvalue weighted by molar-refractivity contribution is -0.138. The highest BCUT2D eigenvalue weighted by Crippen LogP contribution is 2.33. The molecule has 1 atom stereocenters. The topological polar surface area (TPSA) is 67.4 Å². The number of methoxy groups -OCH3 is 1. The van der Waals surface area contributed by atoms with E-state index in [2.05, 4.69) is 10.6 Å². The summed E-state index contributed by atoms with van der Waals surface area (Å²) >= 11 is 0. The maximum Gasteiger partial charge on any atom is 0.416 e. The van der Waals surface area contributed by atoms with E-state index < -0.39 is 23.7 Å². The molecule has 0 heterocycles. The lowest BCUT2D eigenvalue weighted by atomic mass is 10.0. The molecule has 8 heteroatoms. The van der Waals surface area contributed by atoms with Gasteiger partial charge in [0.25, 0.3) is 0 Å². The minimum Gasteiger partial charge on any atom is -0.497 e. The van der Waals surface area contributed by atoms with Gasteiger partial charge in [-0.3, -0.25) is 9.59 Å². The fourth-order valence-electron chi connectivity index (χ4n) is 2.74. The molecule has 1 unspecified atom stereocenters. The number of rotatable bonds is 6. The van der Waals surface area contributed by atoms with Crippen LogP contribution in [0.25, 0.3) is 0 Å². The van der Waals surface area contributed by atoms with Gasteiger partial charge in [-0.05, 0) is 42.3 Å². The van der Waals surface area contributed by atoms with E-state index in [-0.39, 0.29) is 23.6 Å². The van der Waals surface area contributed by atoms with Gasteiger partial charge in [-0.2, -0.15) is 13.2 Å². The first-order valence-corrected chi connectivity index (χ1v) is 8.49. The summed E-state index contributed by atoms with van der Waals surface area (Å²) in [5, 5.41) is 5.14. The maximum absolute atomic E-state index is 13.0. The molecule has 0 aliphatic rings. The summed E-state index contributed by atoms with van der Waals surface area (Å²) in [5.74, 6) is -0.232. The van der Waals surface area contributed by atoms with Gasteiger partial charge in [-0.1, -0.05) is 18.2 Å². The standard InChI is InChI=1S/C20H21F3N2O3/c1-12-4-7-15(10-17(12)20(21,22)23)25-19(27)11-18(24-13(2)26)14-5-8-16(28-3)9-6-14/h4-10,18H,11H2,1-3H3,(H,24,26)(H,25,27). The Bertz CT molecular complexity index is 849. The Kier molecular flexibility index (Phi) is 6.66. The summed E-state index contributed by atoms with van der Waals surface area (Å²) < 4.78 is 44.2. The number of halogens is 3. The number of ether oxygens (including phenoxy) is 1. The molecule has 0 radical (unpaired) electrons. The van der Waals surface area contributed by atoms with Crippen molar-refractivity contribution >= 4 is 17.5 Å². The van der Waals surface area contributed by atoms with Gasteiger partial charge in [0, 0.05) is 12.6 Å². The van der Waals surface area contributed by atoms with Crippen LogP contribution in [0.2, 0.25) is 0 Å². The van der Waals surface area contributed by atoms with Gasteiger partial charge < -0.3 is 15.4 Å². The van der Waals surface area contributed by atoms with E-state index in [1.165, 1.54) is 33.1 Å². The molecule has 0 aliphatic heterocycles. The summed E-state index contributed by atoms with van der Waals surface area (Å²) in [6, 6.07) is 9.77. The summed E-state index contributed by atoms with van der Waals surface area (Å²) in [6.07, 6.45) is -4.65. The lowest BCUT2D eigenvalue weighted by Crippen LogP contribution is -2.29. The molecule has 2 amide bonds. The van der Waals surface area contributed by atoms with Crippen LogP contribution in [0.1, 0.15) is 36.1 Å². The second-order valence-electron chi connectivity index (χ2n) is 6.31. The molecule has 2 N–H and O–H groups in total. The Labute approximate surface area is 160 Å². The van der Waals surface area contributed by atoms with Crippen LogP contribution in [0.4, 0.5) is 18.9 Å². The Morgan fingerprint density at radius 2 is 1.75 bits per heavy atom. The van der Waals surface area contributed by atoms with Crippen molar-refractivity contribution in [3.8, 4) is 5.75 Å². The molecule has 2 aromatic rings. The van der Waals surface area contributed by atoms with Crippen molar-refractivity contribution in [2.24, 2.45) is 0 Å². The summed E-state index contributed by atoms with van der Waals surface area (Å²) in [4.78, 5) is 23.9. The third-order valence-electron chi connectivity index (χ3n) is 4.11. The van der Waals surface area contributed by atoms with E-state index in [1.54, 1.807) is 24.3 Å². The van der Waals surface area contributed by atoms with E-state index in [9.17, 15) is 22.8 Å². The number of hydrogen-bond acceptors (Lipinski definition) is 3. The molecule has 28 heavy (non-hydrogen) atoms. The van der Waals surface area contributed by atoms with Crippen molar-refractivity contribution in [2.45, 2.75) is 32.5 Å². The van der Waals surface area contributed by atoms with E-state index in [0.717, 1.165) is 6.07 Å². The van der Waals surface area contributed by atoms with Crippen molar-refractivity contribution in [3.05, 3.63) is 59.2 Å². The predicted octanol–water partition coefficient (Wildman–Crippen LogP) is 4.23. The zero-order valence-corrected chi connectivity index (χ0v) is 15.7. The first-order valence-electron chi connectivity index (χ1n) is 8.49. The quantitative estimate of drug-likeness (QED) is 0.771. The van der Waals surface area contributed by atoms with Crippen LogP contribution in [0.5, 0.6) is 5.75 Å². The second-order valence-corrected chi connectivity index (χ2v) is 6.31. The van der Waals surface area contributed by atoms with Crippen LogP contribution in [0.3, 0.4) is 0 Å². The van der Waals surface area contributed by atoms with Crippen molar-refractivity contribution < 1.29 is 27.5 Å². The summed E-state index contributed by atoms with van der Waals surface area (Å²) in [6.45, 7) is 2.68. The van der Waals surface area contributed by atoms with E-state index in [1.807, 2.05) is 0 Å². The Hall–Kier alpha value is -3.03. The molecular weight excluding hydrogens is 373 g/mol. The van der Waals surface area contributed by atoms with Crippen LogP contribution in [0.15, 0.2) is 42.5 Å². The molecule has 5 nitrogen and oxygen atoms in total. The van der Waals surface area contributed by atoms with Gasteiger partial charge in [0.05, 0.1) is 25.1 Å². The average molecular weight is 394 g/mol. The van der Waals surface area contributed by atoms with Gasteiger partial charge in [0.2, 0.25) is 11.8 Å². The second kappa shape index (κ2) is 8.77. The molecule has 150 valence electrons. The number of carbonyl (C=O) groups is 2. The number of benzene rings is 2. The molecule has 0 fully saturated rings. The van der Waals surface area contributed by atoms with E-state index in [4.69, 9.17) is 4.74 Å². The Morgan fingerprint density at radius 1 is 1.11 bits per heavy atom. The van der Waals surface area contributed by atoms with Gasteiger partial charge >= 0.3 is 6.18 Å². The molecule has 0 aromatic heterocycles. The van der Waals surface area contributed by atoms with Crippen LogP contribution >= 0.6 is 0 Å². The number of nitrogens with one attached hydrogen (secondary N) is 2. The molecule has 0 bridgehead atoms. The molecule has 0 saturated carbocycles. The van der Waals surface area contributed by atoms with E-state index >= 15 is 0 Å². The highest BCUT2D eigenvalue weighted by Gasteiger charge is 2.32. The SMILES string of the molecule is COc1ccc(C(CC(=O)Nc2ccc(C)c(C(F)(F)F)c2)NC(C)=O)cc1. The van der Waals surface area contributed by atoms with Gasteiger partial charge in [-0.15, -0.1) is 0 Å². The van der Waals surface area contributed by atoms with Gasteiger partial charge in [-0.25, -0.2) is 0 Å². The Balaban J connectivity index is 2.16. The van der Waals surface area contributed by atoms with Gasteiger partial charge in [0.1, 0.15) is 5.75 Å². The fourth-order valence-corrected chi connectivity index (χ4v) is 2.74. The average Bonchev–Trinajstić information content (AvgIpc) is 2.61. The van der Waals surface area contributed by atoms with Crippen molar-refractivity contribution in [2.75, 3.05) is 12.4 Å². The fraction of sp³-hybridized carbons (Fsp3) is 0.300. The number of aryl methyl sites for hydroxylation is 1. The predicted molar refractivity (Wildman–Crippen MR) is 99.0 cm³/mol. The van der Waals surface area contributed by atoms with Crippen molar-refractivity contribution in [1.82, 2.24) is 5.32 Å². The molecule has 0 aliphatic carbocycles. The molecule has 0 saturated heterocycles. The maximum atomic E-state index is 13.0. The van der Waals surface area contributed by atoms with Crippen molar-refractivity contribution in [1.29, 1.82) is 0 Å². The zero-order chi connectivity index (χ0) is 20.9. The number of amides is 2. The lowest BCUT2D eigenvalue weighted by Gasteiger charge is -2.19. The molecule has 2 aromatic carbocycles. The van der Waals surface area contributed by atoms with Crippen LogP contribution in [-0.4, -0.2) is 18.9 Å². The summed E-state index contributed by atoms with van der Waals surface area (Å²) in [7, 11) is 1.52.